The number of nitrogens with one attached hydrogen (secondary N) is 1. The van der Waals surface area contributed by atoms with E-state index in [1.165, 1.54) is 6.08 Å². The molecule has 2 nitrogen and oxygen atoms in total. The van der Waals surface area contributed by atoms with Crippen LogP contribution >= 0.6 is 0 Å². The van der Waals surface area contributed by atoms with Crippen LogP contribution < -0.4 is 5.32 Å². The number of carbonyl (C=O) groups excluding carboxylic acids is 1. The first kappa shape index (κ1) is 14.6. The molecule has 0 spiro atoms. The Balaban J connectivity index is 2.69. The standard InChI is InChI=1S/C13H16F3NO/c1-10-7-11(3-2-6-17-9-18)4-5-12(8-10)13(14,15)16/h4,7,9-10H,2-3,6,8H2,1H3,(H,17,18). The summed E-state index contributed by atoms with van der Waals surface area (Å²) in [4.78, 5) is 10.0. The van der Waals surface area contributed by atoms with Crippen molar-refractivity contribution in [2.45, 2.75) is 32.4 Å². The van der Waals surface area contributed by atoms with Gasteiger partial charge in [-0.25, -0.2) is 0 Å². The van der Waals surface area contributed by atoms with Gasteiger partial charge in [-0.1, -0.05) is 13.0 Å². The van der Waals surface area contributed by atoms with Gasteiger partial charge in [0.15, 0.2) is 0 Å². The van der Waals surface area contributed by atoms with E-state index in [1.54, 1.807) is 6.92 Å². The van der Waals surface area contributed by atoms with Gasteiger partial charge in [0.25, 0.3) is 0 Å². The third-order valence-electron chi connectivity index (χ3n) is 2.67. The molecule has 0 radical (unpaired) electrons. The lowest BCUT2D eigenvalue weighted by Gasteiger charge is -2.11. The van der Waals surface area contributed by atoms with Crippen molar-refractivity contribution in [2.24, 2.45) is 5.92 Å². The number of alkyl halides is 3. The van der Waals surface area contributed by atoms with Gasteiger partial charge in [0.1, 0.15) is 0 Å². The monoisotopic (exact) mass is 259 g/mol. The molecule has 0 aliphatic heterocycles. The number of rotatable bonds is 5. The Kier molecular flexibility index (Phi) is 5.23. The highest BCUT2D eigenvalue weighted by Crippen LogP contribution is 2.32. The molecule has 1 rings (SSSR count). The van der Waals surface area contributed by atoms with Crippen molar-refractivity contribution in [1.29, 1.82) is 0 Å². The number of halogens is 3. The van der Waals surface area contributed by atoms with Crippen molar-refractivity contribution in [3.63, 3.8) is 0 Å². The van der Waals surface area contributed by atoms with E-state index in [-0.39, 0.29) is 12.3 Å². The predicted molar refractivity (Wildman–Crippen MR) is 62.8 cm³/mol. The first-order valence-corrected chi connectivity index (χ1v) is 5.84. The molecule has 1 amide bonds. The van der Waals surface area contributed by atoms with E-state index in [9.17, 15) is 18.0 Å². The zero-order chi connectivity index (χ0) is 13.6. The van der Waals surface area contributed by atoms with E-state index < -0.39 is 11.7 Å². The average molecular weight is 259 g/mol. The zero-order valence-electron chi connectivity index (χ0n) is 10.2. The highest BCUT2D eigenvalue weighted by Gasteiger charge is 2.34. The molecule has 1 N–H and O–H groups in total. The van der Waals surface area contributed by atoms with E-state index in [4.69, 9.17) is 0 Å². The Bertz CT molecular complexity index is 390. The summed E-state index contributed by atoms with van der Waals surface area (Å²) >= 11 is 0. The van der Waals surface area contributed by atoms with Gasteiger partial charge in [-0.05, 0) is 36.8 Å². The topological polar surface area (TPSA) is 29.1 Å². The van der Waals surface area contributed by atoms with Gasteiger partial charge in [0.2, 0.25) is 6.41 Å². The summed E-state index contributed by atoms with van der Waals surface area (Å²) in [6, 6.07) is 0. The summed E-state index contributed by atoms with van der Waals surface area (Å²) in [5.41, 5.74) is 2.59. The highest BCUT2D eigenvalue weighted by molar-refractivity contribution is 5.45. The molecule has 0 fully saturated rings. The van der Waals surface area contributed by atoms with Gasteiger partial charge in [0, 0.05) is 6.54 Å². The molecule has 1 aliphatic rings. The van der Waals surface area contributed by atoms with Gasteiger partial charge < -0.3 is 5.32 Å². The third kappa shape index (κ3) is 4.80. The van der Waals surface area contributed by atoms with Gasteiger partial charge >= 0.3 is 6.18 Å². The van der Waals surface area contributed by atoms with Crippen LogP contribution in [0.5, 0.6) is 0 Å². The maximum Gasteiger partial charge on any atom is 0.419 e. The molecule has 0 saturated heterocycles. The molecule has 0 aromatic rings. The molecule has 0 saturated carbocycles. The lowest BCUT2D eigenvalue weighted by Crippen LogP contribution is -2.12. The maximum atomic E-state index is 12.6. The first-order chi connectivity index (χ1) is 8.43. The van der Waals surface area contributed by atoms with Crippen molar-refractivity contribution in [3.8, 4) is 0 Å². The molecule has 100 valence electrons. The number of amides is 1. The molecule has 0 aromatic heterocycles. The Labute approximate surface area is 104 Å². The number of carbonyl (C=O) groups is 1. The van der Waals surface area contributed by atoms with Crippen LogP contribution in [-0.2, 0) is 4.79 Å². The summed E-state index contributed by atoms with van der Waals surface area (Å²) in [7, 11) is 0. The van der Waals surface area contributed by atoms with Crippen LogP contribution in [0.15, 0.2) is 29.0 Å². The van der Waals surface area contributed by atoms with Crippen LogP contribution in [0.4, 0.5) is 13.2 Å². The SMILES string of the molecule is CC1C=C(CCCNC=O)C=C=C(C(F)(F)F)C1. The molecule has 0 heterocycles. The van der Waals surface area contributed by atoms with E-state index in [1.807, 2.05) is 6.08 Å². The fourth-order valence-corrected chi connectivity index (χ4v) is 1.84. The van der Waals surface area contributed by atoms with Crippen LogP contribution in [0.25, 0.3) is 0 Å². The second-order valence-corrected chi connectivity index (χ2v) is 4.36. The van der Waals surface area contributed by atoms with Crippen molar-refractivity contribution >= 4 is 6.41 Å². The van der Waals surface area contributed by atoms with E-state index in [0.29, 0.717) is 25.8 Å². The van der Waals surface area contributed by atoms with Crippen molar-refractivity contribution in [3.05, 3.63) is 29.0 Å². The Morgan fingerprint density at radius 3 is 2.89 bits per heavy atom. The van der Waals surface area contributed by atoms with Crippen LogP contribution in [0.3, 0.4) is 0 Å². The molecular formula is C13H16F3NO. The minimum absolute atomic E-state index is 0.0317. The fraction of sp³-hybridized carbons (Fsp3) is 0.538. The summed E-state index contributed by atoms with van der Waals surface area (Å²) in [6.45, 7) is 2.29. The van der Waals surface area contributed by atoms with Gasteiger partial charge in [0.05, 0.1) is 5.57 Å². The second-order valence-electron chi connectivity index (χ2n) is 4.36. The van der Waals surface area contributed by atoms with E-state index in [0.717, 1.165) is 5.57 Å². The second kappa shape index (κ2) is 6.45. The fourth-order valence-electron chi connectivity index (χ4n) is 1.84. The zero-order valence-corrected chi connectivity index (χ0v) is 10.2. The molecule has 1 aliphatic carbocycles. The van der Waals surface area contributed by atoms with Crippen LogP contribution in [0.1, 0.15) is 26.2 Å². The van der Waals surface area contributed by atoms with Gasteiger partial charge in [-0.15, -0.1) is 5.73 Å². The van der Waals surface area contributed by atoms with E-state index in [2.05, 4.69) is 11.0 Å². The molecule has 18 heavy (non-hydrogen) atoms. The Hall–Kier alpha value is -1.48. The predicted octanol–water partition coefficient (Wildman–Crippen LogP) is 3.12. The Morgan fingerprint density at radius 1 is 1.56 bits per heavy atom. The first-order valence-electron chi connectivity index (χ1n) is 5.84. The van der Waals surface area contributed by atoms with Crippen molar-refractivity contribution in [2.75, 3.05) is 6.54 Å². The molecule has 1 atom stereocenters. The maximum absolute atomic E-state index is 12.6. The van der Waals surface area contributed by atoms with E-state index >= 15 is 0 Å². The lowest BCUT2D eigenvalue weighted by molar-refractivity contribution is -0.109. The summed E-state index contributed by atoms with van der Waals surface area (Å²) in [6.07, 6.45) is 0.880. The quantitative estimate of drug-likeness (QED) is 0.459. The number of hydrogen-bond donors (Lipinski definition) is 1. The van der Waals surface area contributed by atoms with Crippen LogP contribution in [0.2, 0.25) is 0 Å². The smallest absolute Gasteiger partial charge is 0.359 e. The normalized spacial score (nSPS) is 19.9. The molecule has 1 unspecified atom stereocenters. The molecule has 0 aromatic carbocycles. The summed E-state index contributed by atoms with van der Waals surface area (Å²) in [5, 5.41) is 2.52. The van der Waals surface area contributed by atoms with Crippen molar-refractivity contribution in [1.82, 2.24) is 5.32 Å². The largest absolute Gasteiger partial charge is 0.419 e. The number of hydrogen-bond acceptors (Lipinski definition) is 1. The minimum atomic E-state index is -4.30. The minimum Gasteiger partial charge on any atom is -0.359 e. The molecule has 5 heteroatoms. The highest BCUT2D eigenvalue weighted by atomic mass is 19.4. The molecular weight excluding hydrogens is 243 g/mol. The number of allylic oxidation sites excluding steroid dienone is 3. The Morgan fingerprint density at radius 2 is 2.28 bits per heavy atom. The summed E-state index contributed by atoms with van der Waals surface area (Å²) < 4.78 is 37.7. The summed E-state index contributed by atoms with van der Waals surface area (Å²) in [5.74, 6) is -0.151. The van der Waals surface area contributed by atoms with Crippen molar-refractivity contribution < 1.29 is 18.0 Å². The van der Waals surface area contributed by atoms with Gasteiger partial charge in [-0.3, -0.25) is 4.79 Å². The third-order valence-corrected chi connectivity index (χ3v) is 2.67. The molecule has 0 bridgehead atoms. The van der Waals surface area contributed by atoms with Gasteiger partial charge in [-0.2, -0.15) is 13.2 Å². The lowest BCUT2D eigenvalue weighted by atomic mass is 10.00. The average Bonchev–Trinajstić information content (AvgIpc) is 2.46. The van der Waals surface area contributed by atoms with Crippen LogP contribution in [0, 0.1) is 5.92 Å². The van der Waals surface area contributed by atoms with Crippen LogP contribution in [-0.4, -0.2) is 19.1 Å².